The van der Waals surface area contributed by atoms with E-state index >= 15 is 0 Å². The molecule has 34 heavy (non-hydrogen) atoms. The smallest absolute Gasteiger partial charge is 0.408 e. The lowest BCUT2D eigenvalue weighted by molar-refractivity contribution is -0.106. The number of nitrogens with zero attached hydrogens (tertiary/aromatic N) is 1. The zero-order chi connectivity index (χ0) is 24.4. The SMILES string of the molecule is NCC1=CC[N+](c2ccc(Oc3ccccc3C3CCCC3)cc2)(S(=O)(=O)CC(F)(F)F)C=C1. The number of hydrogen-bond donors (Lipinski definition) is 1. The molecule has 1 heterocycles. The second kappa shape index (κ2) is 9.56. The maximum atomic E-state index is 13.1. The number of nitrogens with two attached hydrogens (primary N) is 1. The Hall–Kier alpha value is -2.62. The Labute approximate surface area is 198 Å². The first-order chi connectivity index (χ1) is 16.1. The van der Waals surface area contributed by atoms with Crippen LogP contribution >= 0.6 is 0 Å². The Morgan fingerprint density at radius 1 is 1.03 bits per heavy atom. The number of quaternary nitrogens is 1. The standard InChI is InChI=1S/C25H28F3N2O3S/c26-25(27,28)18-34(31,32)30(15-13-19(17-29)14-16-30)21-9-11-22(12-10-21)33-24-8-4-3-7-23(24)20-5-1-2-6-20/h3-4,7-15,20H,1-2,5-6,16-18,29H2/q+1. The van der Waals surface area contributed by atoms with Crippen LogP contribution in [0.5, 0.6) is 11.5 Å². The van der Waals surface area contributed by atoms with E-state index in [1.54, 1.807) is 18.2 Å². The normalized spacial score (nSPS) is 21.5. The van der Waals surface area contributed by atoms with Crippen LogP contribution < -0.4 is 14.4 Å². The molecule has 0 bridgehead atoms. The molecule has 182 valence electrons. The van der Waals surface area contributed by atoms with Crippen molar-refractivity contribution in [3.05, 3.63) is 78.0 Å². The molecule has 9 heteroatoms. The maximum absolute atomic E-state index is 13.1. The van der Waals surface area contributed by atoms with Gasteiger partial charge in [0.05, 0.1) is 0 Å². The lowest BCUT2D eigenvalue weighted by Gasteiger charge is -2.34. The highest BCUT2D eigenvalue weighted by atomic mass is 32.2. The Balaban J connectivity index is 1.65. The molecule has 2 N–H and O–H groups in total. The molecule has 2 aromatic rings. The molecule has 5 nitrogen and oxygen atoms in total. The van der Waals surface area contributed by atoms with Crippen LogP contribution in [0.2, 0.25) is 0 Å². The molecule has 1 unspecified atom stereocenters. The average Bonchev–Trinajstić information content (AvgIpc) is 3.33. The van der Waals surface area contributed by atoms with Crippen LogP contribution in [0, 0.1) is 0 Å². The fourth-order valence-corrected chi connectivity index (χ4v) is 6.31. The lowest BCUT2D eigenvalue weighted by Crippen LogP contribution is -2.53. The Morgan fingerprint density at radius 3 is 2.29 bits per heavy atom. The number of hydrogen-bond acceptors (Lipinski definition) is 4. The molecule has 2 aromatic carbocycles. The van der Waals surface area contributed by atoms with Crippen LogP contribution in [0.4, 0.5) is 18.9 Å². The molecule has 1 saturated carbocycles. The molecular formula is C25H28F3N2O3S+. The van der Waals surface area contributed by atoms with Gasteiger partial charge in [0.2, 0.25) is 0 Å². The summed E-state index contributed by atoms with van der Waals surface area (Å²) in [4.78, 5) is 0. The van der Waals surface area contributed by atoms with E-state index in [-0.39, 0.29) is 18.8 Å². The van der Waals surface area contributed by atoms with Crippen molar-refractivity contribution >= 4 is 15.7 Å². The molecule has 0 saturated heterocycles. The van der Waals surface area contributed by atoms with Gasteiger partial charge in [-0.15, -0.1) is 0 Å². The van der Waals surface area contributed by atoms with Crippen LogP contribution in [-0.2, 0) is 10.0 Å². The quantitative estimate of drug-likeness (QED) is 0.499. The number of sulfonamides is 1. The molecule has 2 aliphatic rings. The van der Waals surface area contributed by atoms with Gasteiger partial charge in [-0.3, -0.25) is 0 Å². The zero-order valence-corrected chi connectivity index (χ0v) is 19.5. The Bertz CT molecular complexity index is 1180. The van der Waals surface area contributed by atoms with E-state index in [1.165, 1.54) is 37.3 Å². The van der Waals surface area contributed by atoms with E-state index in [2.05, 4.69) is 6.07 Å². The van der Waals surface area contributed by atoms with Gasteiger partial charge in [-0.2, -0.15) is 25.5 Å². The molecule has 1 aliphatic carbocycles. The van der Waals surface area contributed by atoms with Gasteiger partial charge in [-0.05, 0) is 60.2 Å². The second-order valence-corrected chi connectivity index (χ2v) is 10.8. The van der Waals surface area contributed by atoms with Crippen LogP contribution in [-0.4, -0.2) is 33.4 Å². The number of para-hydroxylation sites is 1. The van der Waals surface area contributed by atoms with E-state index in [4.69, 9.17) is 10.5 Å². The van der Waals surface area contributed by atoms with Crippen molar-refractivity contribution in [1.29, 1.82) is 0 Å². The van der Waals surface area contributed by atoms with E-state index in [0.717, 1.165) is 24.2 Å². The Kier molecular flexibility index (Phi) is 6.89. The fourth-order valence-electron chi connectivity index (χ4n) is 4.67. The highest BCUT2D eigenvalue weighted by Crippen LogP contribution is 2.41. The number of alkyl halides is 3. The summed E-state index contributed by atoms with van der Waals surface area (Å²) in [6, 6.07) is 14.0. The van der Waals surface area contributed by atoms with Gasteiger partial charge in [0.15, 0.2) is 11.4 Å². The van der Waals surface area contributed by atoms with Gasteiger partial charge in [0, 0.05) is 18.7 Å². The summed E-state index contributed by atoms with van der Waals surface area (Å²) in [6.45, 7) is -0.00480. The molecule has 0 spiro atoms. The second-order valence-electron chi connectivity index (χ2n) is 8.73. The van der Waals surface area contributed by atoms with Gasteiger partial charge in [0.25, 0.3) is 0 Å². The molecular weight excluding hydrogens is 465 g/mol. The maximum Gasteiger partial charge on any atom is 0.408 e. The van der Waals surface area contributed by atoms with Crippen molar-refractivity contribution in [2.75, 3.05) is 18.8 Å². The summed E-state index contributed by atoms with van der Waals surface area (Å²) in [6.07, 6.45) is 4.05. The van der Waals surface area contributed by atoms with Crippen LogP contribution in [0.15, 0.2) is 72.5 Å². The largest absolute Gasteiger partial charge is 0.457 e. The van der Waals surface area contributed by atoms with Crippen molar-refractivity contribution in [1.82, 2.24) is 3.89 Å². The summed E-state index contributed by atoms with van der Waals surface area (Å²) in [5, 5.41) is 0. The minimum Gasteiger partial charge on any atom is -0.457 e. The van der Waals surface area contributed by atoms with Crippen LogP contribution in [0.1, 0.15) is 37.2 Å². The fraction of sp³-hybridized carbons (Fsp3) is 0.360. The highest BCUT2D eigenvalue weighted by Gasteiger charge is 2.49. The van der Waals surface area contributed by atoms with Gasteiger partial charge in [0.1, 0.15) is 24.2 Å². The molecule has 1 fully saturated rings. The third-order valence-electron chi connectivity index (χ3n) is 6.45. The summed E-state index contributed by atoms with van der Waals surface area (Å²) in [7, 11) is -4.68. The van der Waals surface area contributed by atoms with Crippen molar-refractivity contribution in [2.24, 2.45) is 5.73 Å². The van der Waals surface area contributed by atoms with Crippen molar-refractivity contribution in [2.45, 2.75) is 37.8 Å². The highest BCUT2D eigenvalue weighted by molar-refractivity contribution is 7.91. The summed E-state index contributed by atoms with van der Waals surface area (Å²) in [5.74, 6) is -0.258. The molecule has 0 aromatic heterocycles. The van der Waals surface area contributed by atoms with Gasteiger partial charge in [-0.25, -0.2) is 0 Å². The van der Waals surface area contributed by atoms with Crippen molar-refractivity contribution < 1.29 is 26.3 Å². The van der Waals surface area contributed by atoms with Crippen LogP contribution in [0.3, 0.4) is 0 Å². The van der Waals surface area contributed by atoms with Crippen molar-refractivity contribution in [3.63, 3.8) is 0 Å². The summed E-state index contributed by atoms with van der Waals surface area (Å²) >= 11 is 0. The monoisotopic (exact) mass is 493 g/mol. The first-order valence-electron chi connectivity index (χ1n) is 11.3. The van der Waals surface area contributed by atoms with E-state index in [0.29, 0.717) is 17.2 Å². The summed E-state index contributed by atoms with van der Waals surface area (Å²) < 4.78 is 70.6. The minimum atomic E-state index is -4.86. The van der Waals surface area contributed by atoms with E-state index in [1.807, 2.05) is 18.2 Å². The lowest BCUT2D eigenvalue weighted by atomic mass is 9.97. The van der Waals surface area contributed by atoms with Gasteiger partial charge < -0.3 is 10.5 Å². The zero-order valence-electron chi connectivity index (χ0n) is 18.7. The number of halogens is 3. The van der Waals surface area contributed by atoms with Crippen LogP contribution in [0.25, 0.3) is 0 Å². The average molecular weight is 494 g/mol. The summed E-state index contributed by atoms with van der Waals surface area (Å²) in [5.41, 5.74) is 7.62. The predicted molar refractivity (Wildman–Crippen MR) is 127 cm³/mol. The van der Waals surface area contributed by atoms with E-state index in [9.17, 15) is 21.6 Å². The topological polar surface area (TPSA) is 69.4 Å². The molecule has 0 amide bonds. The predicted octanol–water partition coefficient (Wildman–Crippen LogP) is 5.75. The third kappa shape index (κ3) is 5.06. The number of ether oxygens (including phenoxy) is 1. The van der Waals surface area contributed by atoms with Gasteiger partial charge in [-0.1, -0.05) is 31.0 Å². The van der Waals surface area contributed by atoms with Gasteiger partial charge >= 0.3 is 16.2 Å². The molecule has 1 aliphatic heterocycles. The third-order valence-corrected chi connectivity index (χ3v) is 8.61. The van der Waals surface area contributed by atoms with E-state index < -0.39 is 25.8 Å². The first-order valence-corrected chi connectivity index (χ1v) is 12.9. The first kappa shape index (κ1) is 24.5. The number of rotatable bonds is 7. The molecule has 1 atom stereocenters. The number of benzene rings is 2. The molecule has 4 rings (SSSR count). The van der Waals surface area contributed by atoms with Crippen molar-refractivity contribution in [3.8, 4) is 11.5 Å². The minimum absolute atomic E-state index is 0.170. The Morgan fingerprint density at radius 2 is 1.71 bits per heavy atom. The molecule has 0 radical (unpaired) electrons.